The molecule has 0 saturated carbocycles. The molecule has 0 aliphatic rings. The summed E-state index contributed by atoms with van der Waals surface area (Å²) < 4.78 is 0. The summed E-state index contributed by atoms with van der Waals surface area (Å²) in [6.07, 6.45) is 3.79. The molecule has 0 unspecified atom stereocenters. The van der Waals surface area contributed by atoms with Crippen LogP contribution in [0.1, 0.15) is 29.7 Å². The first-order chi connectivity index (χ1) is 8.25. The second-order valence-corrected chi connectivity index (χ2v) is 4.38. The van der Waals surface area contributed by atoms with E-state index in [4.69, 9.17) is 0 Å². The summed E-state index contributed by atoms with van der Waals surface area (Å²) in [5, 5.41) is 3.50. The first-order valence-electron chi connectivity index (χ1n) is 5.94. The van der Waals surface area contributed by atoms with Crippen molar-refractivity contribution < 1.29 is 0 Å². The number of aryl methyl sites for hydroxylation is 1. The summed E-state index contributed by atoms with van der Waals surface area (Å²) in [5.41, 5.74) is 3.75. The lowest BCUT2D eigenvalue weighted by Gasteiger charge is -2.14. The second-order valence-electron chi connectivity index (χ2n) is 4.38. The lowest BCUT2D eigenvalue weighted by atomic mass is 10.1. The molecule has 2 heteroatoms. The summed E-state index contributed by atoms with van der Waals surface area (Å²) in [7, 11) is 0. The van der Waals surface area contributed by atoms with Gasteiger partial charge in [0.2, 0.25) is 0 Å². The second kappa shape index (κ2) is 5.60. The average molecular weight is 226 g/mol. The predicted octanol–water partition coefficient (Wildman–Crippen LogP) is 3.24. The number of nitrogens with zero attached hydrogens (tertiary/aromatic N) is 1. The Morgan fingerprint density at radius 1 is 1.18 bits per heavy atom. The molecule has 0 amide bonds. The minimum Gasteiger partial charge on any atom is -0.306 e. The monoisotopic (exact) mass is 226 g/mol. The van der Waals surface area contributed by atoms with Gasteiger partial charge in [-0.3, -0.25) is 4.98 Å². The minimum atomic E-state index is 0.358. The molecule has 2 rings (SSSR count). The third kappa shape index (κ3) is 3.40. The van der Waals surface area contributed by atoms with E-state index in [9.17, 15) is 0 Å². The van der Waals surface area contributed by atoms with Gasteiger partial charge in [0, 0.05) is 25.0 Å². The van der Waals surface area contributed by atoms with E-state index in [2.05, 4.69) is 54.5 Å². The van der Waals surface area contributed by atoms with Crippen LogP contribution in [0.2, 0.25) is 0 Å². The SMILES string of the molecule is Cc1cncc(CN[C@@H](C)c2ccccc2)c1. The van der Waals surface area contributed by atoms with Crippen LogP contribution < -0.4 is 5.32 Å². The van der Waals surface area contributed by atoms with E-state index in [1.807, 2.05) is 18.5 Å². The van der Waals surface area contributed by atoms with Crippen LogP contribution in [0.3, 0.4) is 0 Å². The highest BCUT2D eigenvalue weighted by Crippen LogP contribution is 2.12. The highest BCUT2D eigenvalue weighted by atomic mass is 14.9. The van der Waals surface area contributed by atoms with Crippen molar-refractivity contribution in [1.29, 1.82) is 0 Å². The highest BCUT2D eigenvalue weighted by molar-refractivity contribution is 5.19. The van der Waals surface area contributed by atoms with Gasteiger partial charge < -0.3 is 5.32 Å². The van der Waals surface area contributed by atoms with Crippen molar-refractivity contribution in [2.24, 2.45) is 0 Å². The predicted molar refractivity (Wildman–Crippen MR) is 70.7 cm³/mol. The normalized spacial score (nSPS) is 12.4. The summed E-state index contributed by atoms with van der Waals surface area (Å²) in [5.74, 6) is 0. The van der Waals surface area contributed by atoms with E-state index in [0.717, 1.165) is 6.54 Å². The molecule has 0 aliphatic heterocycles. The fourth-order valence-electron chi connectivity index (χ4n) is 1.84. The van der Waals surface area contributed by atoms with Gasteiger partial charge in [-0.25, -0.2) is 0 Å². The van der Waals surface area contributed by atoms with E-state index < -0.39 is 0 Å². The van der Waals surface area contributed by atoms with Crippen LogP contribution in [0.15, 0.2) is 48.8 Å². The fourth-order valence-corrected chi connectivity index (χ4v) is 1.84. The number of hydrogen-bond donors (Lipinski definition) is 1. The number of benzene rings is 1. The fraction of sp³-hybridized carbons (Fsp3) is 0.267. The highest BCUT2D eigenvalue weighted by Gasteiger charge is 2.03. The van der Waals surface area contributed by atoms with Crippen molar-refractivity contribution in [2.75, 3.05) is 0 Å². The van der Waals surface area contributed by atoms with E-state index in [-0.39, 0.29) is 0 Å². The Kier molecular flexibility index (Phi) is 3.89. The van der Waals surface area contributed by atoms with Crippen molar-refractivity contribution in [1.82, 2.24) is 10.3 Å². The van der Waals surface area contributed by atoms with Crippen LogP contribution in [0, 0.1) is 6.92 Å². The lowest BCUT2D eigenvalue weighted by molar-refractivity contribution is 0.573. The molecule has 2 nitrogen and oxygen atoms in total. The van der Waals surface area contributed by atoms with Gasteiger partial charge in [0.1, 0.15) is 0 Å². The molecule has 1 atom stereocenters. The zero-order valence-electron chi connectivity index (χ0n) is 10.4. The van der Waals surface area contributed by atoms with Crippen LogP contribution in [0.25, 0.3) is 0 Å². The molecule has 0 aliphatic carbocycles. The van der Waals surface area contributed by atoms with Crippen molar-refractivity contribution in [3.05, 3.63) is 65.5 Å². The van der Waals surface area contributed by atoms with Gasteiger partial charge in [-0.05, 0) is 30.5 Å². The number of aromatic nitrogens is 1. The Balaban J connectivity index is 1.95. The summed E-state index contributed by atoms with van der Waals surface area (Å²) in [6.45, 7) is 5.10. The molecule has 1 aromatic heterocycles. The first-order valence-corrected chi connectivity index (χ1v) is 5.94. The lowest BCUT2D eigenvalue weighted by Crippen LogP contribution is -2.18. The standard InChI is InChI=1S/C15H18N2/c1-12-8-14(10-16-9-12)11-17-13(2)15-6-4-3-5-7-15/h3-10,13,17H,11H2,1-2H3/t13-/m0/s1. The van der Waals surface area contributed by atoms with Gasteiger partial charge >= 0.3 is 0 Å². The molecule has 0 spiro atoms. The minimum absolute atomic E-state index is 0.358. The van der Waals surface area contributed by atoms with Crippen LogP contribution in [0.4, 0.5) is 0 Å². The maximum absolute atomic E-state index is 4.19. The molecule has 1 aromatic carbocycles. The quantitative estimate of drug-likeness (QED) is 0.865. The number of pyridine rings is 1. The topological polar surface area (TPSA) is 24.9 Å². The van der Waals surface area contributed by atoms with Crippen molar-refractivity contribution in [3.63, 3.8) is 0 Å². The number of rotatable bonds is 4. The van der Waals surface area contributed by atoms with E-state index in [1.165, 1.54) is 16.7 Å². The maximum atomic E-state index is 4.19. The third-order valence-corrected chi connectivity index (χ3v) is 2.84. The zero-order valence-corrected chi connectivity index (χ0v) is 10.4. The van der Waals surface area contributed by atoms with Crippen molar-refractivity contribution >= 4 is 0 Å². The number of hydrogen-bond acceptors (Lipinski definition) is 2. The molecule has 2 aromatic rings. The molecule has 17 heavy (non-hydrogen) atoms. The molecular weight excluding hydrogens is 208 g/mol. The van der Waals surface area contributed by atoms with Gasteiger partial charge in [-0.15, -0.1) is 0 Å². The van der Waals surface area contributed by atoms with E-state index >= 15 is 0 Å². The van der Waals surface area contributed by atoms with Crippen molar-refractivity contribution in [3.8, 4) is 0 Å². The summed E-state index contributed by atoms with van der Waals surface area (Å²) in [6, 6.07) is 13.0. The van der Waals surface area contributed by atoms with Gasteiger partial charge in [0.15, 0.2) is 0 Å². The van der Waals surface area contributed by atoms with Crippen LogP contribution in [-0.2, 0) is 6.54 Å². The molecule has 0 bridgehead atoms. The van der Waals surface area contributed by atoms with Gasteiger partial charge in [-0.2, -0.15) is 0 Å². The average Bonchev–Trinajstić information content (AvgIpc) is 2.37. The zero-order chi connectivity index (χ0) is 12.1. The molecule has 1 N–H and O–H groups in total. The summed E-state index contributed by atoms with van der Waals surface area (Å²) >= 11 is 0. The Labute approximate surface area is 103 Å². The smallest absolute Gasteiger partial charge is 0.0313 e. The largest absolute Gasteiger partial charge is 0.306 e. The first kappa shape index (κ1) is 11.8. The Morgan fingerprint density at radius 2 is 1.94 bits per heavy atom. The summed E-state index contributed by atoms with van der Waals surface area (Å²) in [4.78, 5) is 4.19. The Bertz CT molecular complexity index is 465. The van der Waals surface area contributed by atoms with E-state index in [0.29, 0.717) is 6.04 Å². The van der Waals surface area contributed by atoms with Gasteiger partial charge in [-0.1, -0.05) is 36.4 Å². The molecule has 1 heterocycles. The molecular formula is C15H18N2. The molecule has 88 valence electrons. The molecule has 0 saturated heterocycles. The maximum Gasteiger partial charge on any atom is 0.0313 e. The Morgan fingerprint density at radius 3 is 2.65 bits per heavy atom. The molecule has 0 radical (unpaired) electrons. The Hall–Kier alpha value is -1.67. The van der Waals surface area contributed by atoms with Crippen LogP contribution in [0.5, 0.6) is 0 Å². The van der Waals surface area contributed by atoms with Crippen molar-refractivity contribution in [2.45, 2.75) is 26.4 Å². The third-order valence-electron chi connectivity index (χ3n) is 2.84. The van der Waals surface area contributed by atoms with E-state index in [1.54, 1.807) is 0 Å². The van der Waals surface area contributed by atoms with Crippen LogP contribution >= 0.6 is 0 Å². The van der Waals surface area contributed by atoms with Gasteiger partial charge in [0.05, 0.1) is 0 Å². The number of nitrogens with one attached hydrogen (secondary N) is 1. The van der Waals surface area contributed by atoms with Crippen LogP contribution in [-0.4, -0.2) is 4.98 Å². The molecule has 0 fully saturated rings. The van der Waals surface area contributed by atoms with Gasteiger partial charge in [0.25, 0.3) is 0 Å².